The number of amides is 1. The molecule has 1 atom stereocenters. The van der Waals surface area contributed by atoms with Crippen LogP contribution in [0.3, 0.4) is 0 Å². The zero-order valence-electron chi connectivity index (χ0n) is 11.2. The van der Waals surface area contributed by atoms with Gasteiger partial charge in [0.2, 0.25) is 5.91 Å². The molecule has 0 aromatic heterocycles. The zero-order valence-corrected chi connectivity index (χ0v) is 11.2. The Hall–Kier alpha value is -1.39. The number of nitrogens with one attached hydrogen (secondary N) is 1. The molecule has 0 aliphatic carbocycles. The van der Waals surface area contributed by atoms with Crippen LogP contribution in [0, 0.1) is 6.92 Å². The minimum absolute atomic E-state index is 0.0101. The van der Waals surface area contributed by atoms with Gasteiger partial charge in [0.1, 0.15) is 6.61 Å². The Morgan fingerprint density at radius 1 is 1.28 bits per heavy atom. The Morgan fingerprint density at radius 3 is 2.56 bits per heavy atom. The second-order valence-corrected chi connectivity index (χ2v) is 4.25. The Labute approximate surface area is 108 Å². The van der Waals surface area contributed by atoms with Gasteiger partial charge in [0.15, 0.2) is 0 Å². The van der Waals surface area contributed by atoms with E-state index < -0.39 is 0 Å². The standard InChI is InChI=1S/C14H21NO3/c1-11-4-6-13(7-5-11)12(2)15-14(16)10-18-9-8-17-3/h4-7,12H,8-10H2,1-3H3,(H,15,16)/t12-/m0/s1. The summed E-state index contributed by atoms with van der Waals surface area (Å²) in [4.78, 5) is 11.6. The van der Waals surface area contributed by atoms with Gasteiger partial charge in [-0.1, -0.05) is 29.8 Å². The number of aryl methyl sites for hydroxylation is 1. The largest absolute Gasteiger partial charge is 0.382 e. The number of rotatable bonds is 7. The van der Waals surface area contributed by atoms with Gasteiger partial charge in [-0.2, -0.15) is 0 Å². The van der Waals surface area contributed by atoms with Crippen LogP contribution in [0.2, 0.25) is 0 Å². The maximum absolute atomic E-state index is 11.6. The van der Waals surface area contributed by atoms with E-state index in [1.54, 1.807) is 7.11 Å². The van der Waals surface area contributed by atoms with Gasteiger partial charge in [-0.3, -0.25) is 4.79 Å². The van der Waals surface area contributed by atoms with Gasteiger partial charge in [-0.05, 0) is 19.4 Å². The van der Waals surface area contributed by atoms with Crippen LogP contribution in [0.15, 0.2) is 24.3 Å². The van der Waals surface area contributed by atoms with Crippen LogP contribution < -0.4 is 5.32 Å². The molecule has 0 saturated heterocycles. The lowest BCUT2D eigenvalue weighted by Crippen LogP contribution is -2.30. The van der Waals surface area contributed by atoms with Gasteiger partial charge < -0.3 is 14.8 Å². The summed E-state index contributed by atoms with van der Waals surface area (Å²) in [6, 6.07) is 8.10. The van der Waals surface area contributed by atoms with Crippen molar-refractivity contribution in [3.05, 3.63) is 35.4 Å². The molecule has 1 rings (SSSR count). The molecule has 1 aromatic carbocycles. The fraction of sp³-hybridized carbons (Fsp3) is 0.500. The number of hydrogen-bond acceptors (Lipinski definition) is 3. The maximum atomic E-state index is 11.6. The highest BCUT2D eigenvalue weighted by atomic mass is 16.5. The van der Waals surface area contributed by atoms with Crippen molar-refractivity contribution in [2.75, 3.05) is 26.9 Å². The monoisotopic (exact) mass is 251 g/mol. The maximum Gasteiger partial charge on any atom is 0.246 e. The molecule has 0 heterocycles. The topological polar surface area (TPSA) is 47.6 Å². The van der Waals surface area contributed by atoms with Crippen molar-refractivity contribution in [1.82, 2.24) is 5.32 Å². The Kier molecular flexibility index (Phi) is 6.39. The molecule has 0 aliphatic heterocycles. The van der Waals surface area contributed by atoms with E-state index in [9.17, 15) is 4.79 Å². The molecule has 0 radical (unpaired) electrons. The minimum Gasteiger partial charge on any atom is -0.382 e. The highest BCUT2D eigenvalue weighted by Gasteiger charge is 2.09. The summed E-state index contributed by atoms with van der Waals surface area (Å²) in [7, 11) is 1.60. The molecule has 1 aromatic rings. The van der Waals surface area contributed by atoms with Crippen molar-refractivity contribution < 1.29 is 14.3 Å². The second-order valence-electron chi connectivity index (χ2n) is 4.25. The third kappa shape index (κ3) is 5.29. The molecular weight excluding hydrogens is 230 g/mol. The Balaban J connectivity index is 2.33. The summed E-state index contributed by atoms with van der Waals surface area (Å²) in [5.74, 6) is -0.112. The summed E-state index contributed by atoms with van der Waals surface area (Å²) >= 11 is 0. The van der Waals surface area contributed by atoms with E-state index in [0.717, 1.165) is 5.56 Å². The molecule has 18 heavy (non-hydrogen) atoms. The minimum atomic E-state index is -0.112. The van der Waals surface area contributed by atoms with E-state index in [1.165, 1.54) is 5.56 Å². The molecule has 4 nitrogen and oxygen atoms in total. The van der Waals surface area contributed by atoms with Crippen molar-refractivity contribution in [2.45, 2.75) is 19.9 Å². The van der Waals surface area contributed by atoms with Crippen LogP contribution in [0.1, 0.15) is 24.1 Å². The zero-order chi connectivity index (χ0) is 13.4. The number of carbonyl (C=O) groups is 1. The molecule has 100 valence electrons. The lowest BCUT2D eigenvalue weighted by Gasteiger charge is -2.14. The fourth-order valence-corrected chi connectivity index (χ4v) is 1.53. The van der Waals surface area contributed by atoms with Crippen molar-refractivity contribution in [3.63, 3.8) is 0 Å². The summed E-state index contributed by atoms with van der Waals surface area (Å²) in [5.41, 5.74) is 2.30. The first-order valence-corrected chi connectivity index (χ1v) is 6.06. The second kappa shape index (κ2) is 7.84. The molecule has 0 unspecified atom stereocenters. The molecule has 0 aliphatic rings. The summed E-state index contributed by atoms with van der Waals surface area (Å²) in [6.45, 7) is 5.00. The number of methoxy groups -OCH3 is 1. The van der Waals surface area contributed by atoms with E-state index in [2.05, 4.69) is 5.32 Å². The van der Waals surface area contributed by atoms with Crippen LogP contribution in [-0.2, 0) is 14.3 Å². The molecule has 0 spiro atoms. The van der Waals surface area contributed by atoms with Crippen LogP contribution in [0.5, 0.6) is 0 Å². The molecule has 0 fully saturated rings. The van der Waals surface area contributed by atoms with E-state index in [1.807, 2.05) is 38.1 Å². The summed E-state index contributed by atoms with van der Waals surface area (Å²) < 4.78 is 9.98. The fourth-order valence-electron chi connectivity index (χ4n) is 1.53. The van der Waals surface area contributed by atoms with Crippen LogP contribution in [0.25, 0.3) is 0 Å². The first-order chi connectivity index (χ1) is 8.63. The van der Waals surface area contributed by atoms with Gasteiger partial charge in [0, 0.05) is 7.11 Å². The third-order valence-electron chi connectivity index (χ3n) is 2.62. The first kappa shape index (κ1) is 14.7. The molecule has 0 saturated carbocycles. The van der Waals surface area contributed by atoms with E-state index >= 15 is 0 Å². The first-order valence-electron chi connectivity index (χ1n) is 6.06. The molecule has 4 heteroatoms. The van der Waals surface area contributed by atoms with E-state index in [-0.39, 0.29) is 18.6 Å². The van der Waals surface area contributed by atoms with Crippen LogP contribution in [-0.4, -0.2) is 32.8 Å². The van der Waals surface area contributed by atoms with E-state index in [0.29, 0.717) is 13.2 Å². The molecular formula is C14H21NO3. The normalized spacial score (nSPS) is 12.2. The van der Waals surface area contributed by atoms with E-state index in [4.69, 9.17) is 9.47 Å². The Morgan fingerprint density at radius 2 is 1.94 bits per heavy atom. The number of carbonyl (C=O) groups excluding carboxylic acids is 1. The van der Waals surface area contributed by atoms with Crippen molar-refractivity contribution in [3.8, 4) is 0 Å². The van der Waals surface area contributed by atoms with Gasteiger partial charge in [-0.25, -0.2) is 0 Å². The third-order valence-corrected chi connectivity index (χ3v) is 2.62. The quantitative estimate of drug-likeness (QED) is 0.752. The number of hydrogen-bond donors (Lipinski definition) is 1. The molecule has 1 N–H and O–H groups in total. The van der Waals surface area contributed by atoms with Crippen LogP contribution >= 0.6 is 0 Å². The van der Waals surface area contributed by atoms with Crippen LogP contribution in [0.4, 0.5) is 0 Å². The van der Waals surface area contributed by atoms with Gasteiger partial charge in [0.25, 0.3) is 0 Å². The predicted octanol–water partition coefficient (Wildman–Crippen LogP) is 1.84. The van der Waals surface area contributed by atoms with Crippen molar-refractivity contribution in [2.24, 2.45) is 0 Å². The lowest BCUT2D eigenvalue weighted by atomic mass is 10.1. The predicted molar refractivity (Wildman–Crippen MR) is 70.4 cm³/mol. The summed E-state index contributed by atoms with van der Waals surface area (Å²) in [6.07, 6.45) is 0. The van der Waals surface area contributed by atoms with Gasteiger partial charge in [-0.15, -0.1) is 0 Å². The highest BCUT2D eigenvalue weighted by molar-refractivity contribution is 5.77. The molecule has 0 bridgehead atoms. The lowest BCUT2D eigenvalue weighted by molar-refractivity contribution is -0.126. The van der Waals surface area contributed by atoms with Gasteiger partial charge in [0.05, 0.1) is 19.3 Å². The molecule has 1 amide bonds. The average Bonchev–Trinajstić information content (AvgIpc) is 2.35. The SMILES string of the molecule is COCCOCC(=O)N[C@@H](C)c1ccc(C)cc1. The van der Waals surface area contributed by atoms with Gasteiger partial charge >= 0.3 is 0 Å². The van der Waals surface area contributed by atoms with Crippen molar-refractivity contribution in [1.29, 1.82) is 0 Å². The summed E-state index contributed by atoms with van der Waals surface area (Å²) in [5, 5.41) is 2.89. The number of ether oxygens (including phenoxy) is 2. The number of benzene rings is 1. The highest BCUT2D eigenvalue weighted by Crippen LogP contribution is 2.12. The average molecular weight is 251 g/mol. The Bertz CT molecular complexity index is 362. The smallest absolute Gasteiger partial charge is 0.246 e. The van der Waals surface area contributed by atoms with Crippen molar-refractivity contribution >= 4 is 5.91 Å².